The monoisotopic (exact) mass is 369 g/mol. The highest BCUT2D eigenvalue weighted by Gasteiger charge is 2.20. The van der Waals surface area contributed by atoms with E-state index in [0.29, 0.717) is 16.4 Å². The highest BCUT2D eigenvalue weighted by Crippen LogP contribution is 2.19. The van der Waals surface area contributed by atoms with E-state index in [1.165, 1.54) is 10.2 Å². The molecular weight excluding hydrogens is 354 g/mol. The first-order valence-corrected chi connectivity index (χ1v) is 7.80. The molecule has 2 rings (SSSR count). The third-order valence-electron chi connectivity index (χ3n) is 3.21. The predicted octanol–water partition coefficient (Wildman–Crippen LogP) is 3.51. The van der Waals surface area contributed by atoms with E-state index in [9.17, 15) is 4.79 Å². The lowest BCUT2D eigenvalue weighted by atomic mass is 10.1. The second-order valence-corrected chi connectivity index (χ2v) is 6.35. The van der Waals surface area contributed by atoms with E-state index in [4.69, 9.17) is 11.6 Å². The first-order valence-electron chi connectivity index (χ1n) is 6.63. The predicted molar refractivity (Wildman–Crippen MR) is 87.7 cm³/mol. The summed E-state index contributed by atoms with van der Waals surface area (Å²) in [6.45, 7) is 3.75. The van der Waals surface area contributed by atoms with Gasteiger partial charge >= 0.3 is 0 Å². The number of nitrogens with zero attached hydrogens (tertiary/aromatic N) is 2. The molecule has 21 heavy (non-hydrogen) atoms. The molecule has 2 aromatic rings. The average Bonchev–Trinajstić information content (AvgIpc) is 2.66. The van der Waals surface area contributed by atoms with E-state index >= 15 is 0 Å². The lowest BCUT2D eigenvalue weighted by Crippen LogP contribution is -2.34. The zero-order valence-corrected chi connectivity index (χ0v) is 14.5. The summed E-state index contributed by atoms with van der Waals surface area (Å²) in [4.78, 5) is 12.3. The summed E-state index contributed by atoms with van der Waals surface area (Å²) in [5, 5.41) is 7.48. The Hall–Kier alpha value is -1.33. The molecule has 0 aliphatic rings. The number of carbonyl (C=O) groups excluding carboxylic acids is 1. The van der Waals surface area contributed by atoms with Crippen molar-refractivity contribution in [2.45, 2.75) is 26.3 Å². The van der Waals surface area contributed by atoms with Crippen molar-refractivity contribution in [1.82, 2.24) is 15.1 Å². The number of aryl methyl sites for hydroxylation is 2. The van der Waals surface area contributed by atoms with Gasteiger partial charge in [-0.05, 0) is 38.0 Å². The molecule has 1 heterocycles. The maximum atomic E-state index is 12.3. The van der Waals surface area contributed by atoms with Gasteiger partial charge in [0.25, 0.3) is 5.91 Å². The van der Waals surface area contributed by atoms with Gasteiger partial charge < -0.3 is 5.32 Å². The molecule has 0 aliphatic heterocycles. The van der Waals surface area contributed by atoms with E-state index in [-0.39, 0.29) is 11.9 Å². The molecule has 0 aliphatic carbocycles. The maximum Gasteiger partial charge on any atom is 0.256 e. The van der Waals surface area contributed by atoms with Crippen LogP contribution < -0.4 is 5.32 Å². The molecule has 4 nitrogen and oxygen atoms in total. The van der Waals surface area contributed by atoms with Crippen LogP contribution in [0.15, 0.2) is 28.7 Å². The molecular formula is C15H17BrClN3O. The Morgan fingerprint density at radius 1 is 1.43 bits per heavy atom. The minimum absolute atomic E-state index is 0.00866. The van der Waals surface area contributed by atoms with Gasteiger partial charge in [-0.1, -0.05) is 39.7 Å². The number of aromatic nitrogens is 2. The van der Waals surface area contributed by atoms with Crippen LogP contribution in [0.4, 0.5) is 0 Å². The molecule has 0 bridgehead atoms. The van der Waals surface area contributed by atoms with Crippen molar-refractivity contribution >= 4 is 33.4 Å². The number of benzene rings is 1. The fourth-order valence-corrected chi connectivity index (χ4v) is 2.73. The number of rotatable bonds is 4. The molecule has 0 spiro atoms. The van der Waals surface area contributed by atoms with Gasteiger partial charge in [0.2, 0.25) is 0 Å². The van der Waals surface area contributed by atoms with Crippen molar-refractivity contribution in [3.05, 3.63) is 50.7 Å². The fourth-order valence-electron chi connectivity index (χ4n) is 2.21. The lowest BCUT2D eigenvalue weighted by molar-refractivity contribution is 0.0939. The Kier molecular flexibility index (Phi) is 5.06. The first kappa shape index (κ1) is 16.0. The van der Waals surface area contributed by atoms with Crippen molar-refractivity contribution in [2.24, 2.45) is 7.05 Å². The Bertz CT molecular complexity index is 652. The topological polar surface area (TPSA) is 46.9 Å². The molecule has 0 saturated heterocycles. The number of hydrogen-bond acceptors (Lipinski definition) is 2. The number of carbonyl (C=O) groups is 1. The molecule has 1 aromatic carbocycles. The van der Waals surface area contributed by atoms with Gasteiger partial charge in [-0.3, -0.25) is 9.48 Å². The molecule has 1 aromatic heterocycles. The maximum absolute atomic E-state index is 12.3. The molecule has 1 atom stereocenters. The van der Waals surface area contributed by atoms with E-state index in [0.717, 1.165) is 10.9 Å². The van der Waals surface area contributed by atoms with Crippen molar-refractivity contribution < 1.29 is 4.79 Å². The van der Waals surface area contributed by atoms with Gasteiger partial charge in [0.15, 0.2) is 0 Å². The summed E-state index contributed by atoms with van der Waals surface area (Å²) in [7, 11) is 1.72. The van der Waals surface area contributed by atoms with Crippen LogP contribution in [0.25, 0.3) is 0 Å². The first-order chi connectivity index (χ1) is 9.88. The highest BCUT2D eigenvalue weighted by molar-refractivity contribution is 9.10. The van der Waals surface area contributed by atoms with Gasteiger partial charge in [0.05, 0.1) is 11.3 Å². The summed E-state index contributed by atoms with van der Waals surface area (Å²) < 4.78 is 2.55. The molecule has 0 saturated carbocycles. The van der Waals surface area contributed by atoms with Crippen LogP contribution in [-0.2, 0) is 13.5 Å². The summed E-state index contributed by atoms with van der Waals surface area (Å²) in [5.74, 6) is -0.185. The van der Waals surface area contributed by atoms with Crippen molar-refractivity contribution in [2.75, 3.05) is 0 Å². The van der Waals surface area contributed by atoms with E-state index in [2.05, 4.69) is 26.3 Å². The molecule has 0 fully saturated rings. The minimum Gasteiger partial charge on any atom is -0.349 e. The second-order valence-electron chi connectivity index (χ2n) is 5.08. The Balaban J connectivity index is 2.03. The third kappa shape index (κ3) is 3.86. The molecule has 112 valence electrons. The Morgan fingerprint density at radius 3 is 2.57 bits per heavy atom. The van der Waals surface area contributed by atoms with Crippen LogP contribution >= 0.6 is 27.5 Å². The summed E-state index contributed by atoms with van der Waals surface area (Å²) in [6.07, 6.45) is 0.760. The smallest absolute Gasteiger partial charge is 0.256 e. The van der Waals surface area contributed by atoms with Crippen LogP contribution in [0.3, 0.4) is 0 Å². The van der Waals surface area contributed by atoms with Gasteiger partial charge in [-0.15, -0.1) is 0 Å². The quantitative estimate of drug-likeness (QED) is 0.895. The van der Waals surface area contributed by atoms with E-state index in [1.807, 2.05) is 31.2 Å². The number of nitrogens with one attached hydrogen (secondary N) is 1. The minimum atomic E-state index is -0.185. The second kappa shape index (κ2) is 6.62. The number of amides is 1. The molecule has 1 amide bonds. The zero-order chi connectivity index (χ0) is 15.6. The largest absolute Gasteiger partial charge is 0.349 e. The number of halogens is 2. The fraction of sp³-hybridized carbons (Fsp3) is 0.333. The summed E-state index contributed by atoms with van der Waals surface area (Å²) in [6, 6.07) is 8.07. The SMILES string of the molecule is Cc1nn(C)c(Cl)c1C(=O)NC(C)Cc1ccc(Br)cc1. The van der Waals surface area contributed by atoms with E-state index < -0.39 is 0 Å². The van der Waals surface area contributed by atoms with Gasteiger partial charge in [-0.25, -0.2) is 0 Å². The van der Waals surface area contributed by atoms with Crippen LogP contribution in [0, 0.1) is 6.92 Å². The number of hydrogen-bond donors (Lipinski definition) is 1. The molecule has 1 N–H and O–H groups in total. The van der Waals surface area contributed by atoms with Gasteiger partial charge in [0.1, 0.15) is 5.15 Å². The molecule has 0 radical (unpaired) electrons. The summed E-state index contributed by atoms with van der Waals surface area (Å²) in [5.41, 5.74) is 2.25. The standard InChI is InChI=1S/C15H17BrClN3O/c1-9(8-11-4-6-12(16)7-5-11)18-15(21)13-10(2)19-20(3)14(13)17/h4-7,9H,8H2,1-3H3,(H,18,21). The normalized spacial score (nSPS) is 12.2. The zero-order valence-electron chi connectivity index (χ0n) is 12.2. The van der Waals surface area contributed by atoms with Crippen molar-refractivity contribution in [3.63, 3.8) is 0 Å². The van der Waals surface area contributed by atoms with E-state index in [1.54, 1.807) is 14.0 Å². The third-order valence-corrected chi connectivity index (χ3v) is 4.17. The van der Waals surface area contributed by atoms with Crippen LogP contribution in [-0.4, -0.2) is 21.7 Å². The highest BCUT2D eigenvalue weighted by atomic mass is 79.9. The van der Waals surface area contributed by atoms with Crippen LogP contribution in [0.5, 0.6) is 0 Å². The van der Waals surface area contributed by atoms with Crippen LogP contribution in [0.1, 0.15) is 28.5 Å². The Labute approximate surface area is 137 Å². The summed E-state index contributed by atoms with van der Waals surface area (Å²) >= 11 is 9.51. The lowest BCUT2D eigenvalue weighted by Gasteiger charge is -2.14. The van der Waals surface area contributed by atoms with Gasteiger partial charge in [-0.2, -0.15) is 5.10 Å². The van der Waals surface area contributed by atoms with Crippen LogP contribution in [0.2, 0.25) is 5.15 Å². The average molecular weight is 371 g/mol. The van der Waals surface area contributed by atoms with Crippen molar-refractivity contribution in [3.8, 4) is 0 Å². The molecule has 6 heteroatoms. The molecule has 1 unspecified atom stereocenters. The van der Waals surface area contributed by atoms with Crippen molar-refractivity contribution in [1.29, 1.82) is 0 Å². The Morgan fingerprint density at radius 2 is 2.05 bits per heavy atom. The van der Waals surface area contributed by atoms with Gasteiger partial charge in [0, 0.05) is 17.6 Å².